The minimum Gasteiger partial charge on any atom is -0.497 e. The number of hydrogen-bond acceptors (Lipinski definition) is 7. The van der Waals surface area contributed by atoms with Gasteiger partial charge in [-0.05, 0) is 48.0 Å². The van der Waals surface area contributed by atoms with Crippen LogP contribution in [0.4, 0.5) is 0 Å². The molecule has 0 bridgehead atoms. The van der Waals surface area contributed by atoms with Crippen molar-refractivity contribution in [2.45, 2.75) is 6.42 Å². The molecule has 1 aliphatic heterocycles. The molecular formula is C21H21NO5S2. The largest absolute Gasteiger partial charge is 0.497 e. The van der Waals surface area contributed by atoms with Crippen LogP contribution in [0.3, 0.4) is 0 Å². The zero-order valence-corrected chi connectivity index (χ0v) is 17.7. The van der Waals surface area contributed by atoms with Crippen LogP contribution in [0.25, 0.3) is 6.08 Å². The molecule has 1 heterocycles. The Hall–Kier alpha value is -2.71. The summed E-state index contributed by atoms with van der Waals surface area (Å²) in [5, 5.41) is 2.60. The first-order chi connectivity index (χ1) is 14.1. The molecule has 3 rings (SSSR count). The Morgan fingerprint density at radius 3 is 2.34 bits per heavy atom. The van der Waals surface area contributed by atoms with Gasteiger partial charge in [-0.3, -0.25) is 4.79 Å². The van der Waals surface area contributed by atoms with Crippen molar-refractivity contribution in [3.63, 3.8) is 0 Å². The summed E-state index contributed by atoms with van der Waals surface area (Å²) in [5.41, 5.74) is 0.833. The van der Waals surface area contributed by atoms with E-state index in [-0.39, 0.29) is 5.91 Å². The number of carbonyl (C=O) groups is 1. The first-order valence-corrected chi connectivity index (χ1v) is 10.1. The number of rotatable bonds is 9. The van der Waals surface area contributed by atoms with Gasteiger partial charge in [-0.15, -0.1) is 0 Å². The Morgan fingerprint density at radius 2 is 1.69 bits per heavy atom. The van der Waals surface area contributed by atoms with Gasteiger partial charge < -0.3 is 24.3 Å². The van der Waals surface area contributed by atoms with Gasteiger partial charge in [-0.2, -0.15) is 0 Å². The molecule has 0 saturated carbocycles. The molecule has 1 aliphatic rings. The highest BCUT2D eigenvalue weighted by Crippen LogP contribution is 2.31. The number of carbonyl (C=O) groups excluding carboxylic acids is 1. The van der Waals surface area contributed by atoms with Crippen molar-refractivity contribution in [2.75, 3.05) is 27.4 Å². The Bertz CT molecular complexity index is 912. The summed E-state index contributed by atoms with van der Waals surface area (Å²) in [6.45, 7) is 1.02. The van der Waals surface area contributed by atoms with E-state index in [9.17, 15) is 4.79 Å². The molecule has 0 aliphatic carbocycles. The van der Waals surface area contributed by atoms with Crippen molar-refractivity contribution < 1.29 is 23.7 Å². The Morgan fingerprint density at radius 1 is 0.966 bits per heavy atom. The van der Waals surface area contributed by atoms with Crippen molar-refractivity contribution in [1.29, 1.82) is 0 Å². The summed E-state index contributed by atoms with van der Waals surface area (Å²) in [6.07, 6.45) is 2.49. The van der Waals surface area contributed by atoms with Gasteiger partial charge in [0.2, 0.25) is 0 Å². The Kier molecular flexibility index (Phi) is 7.37. The second-order valence-electron chi connectivity index (χ2n) is 5.99. The second-order valence-corrected chi connectivity index (χ2v) is 7.71. The van der Waals surface area contributed by atoms with Gasteiger partial charge in [0.25, 0.3) is 5.91 Å². The number of nitrogens with one attached hydrogen (secondary N) is 1. The van der Waals surface area contributed by atoms with Gasteiger partial charge in [0.15, 0.2) is 11.5 Å². The highest BCUT2D eigenvalue weighted by Gasteiger charge is 2.22. The highest BCUT2D eigenvalue weighted by molar-refractivity contribution is 8.26. The molecule has 152 valence electrons. The summed E-state index contributed by atoms with van der Waals surface area (Å²) >= 11 is 6.24. The lowest BCUT2D eigenvalue weighted by Gasteiger charge is -2.12. The van der Waals surface area contributed by atoms with Crippen LogP contribution in [0.1, 0.15) is 12.0 Å². The van der Waals surface area contributed by atoms with Crippen LogP contribution in [0, 0.1) is 0 Å². The number of thiocarbonyl (C=S) groups is 1. The summed E-state index contributed by atoms with van der Waals surface area (Å²) in [7, 11) is 3.21. The average molecular weight is 432 g/mol. The Balaban J connectivity index is 1.51. The number of ether oxygens (including phenoxy) is 4. The minimum atomic E-state index is -0.184. The highest BCUT2D eigenvalue weighted by atomic mass is 32.2. The molecule has 2 aromatic rings. The number of hydrogen-bond donors (Lipinski definition) is 1. The van der Waals surface area contributed by atoms with Crippen LogP contribution in [0.15, 0.2) is 47.4 Å². The first-order valence-electron chi connectivity index (χ1n) is 8.91. The van der Waals surface area contributed by atoms with Gasteiger partial charge in [0.1, 0.15) is 15.8 Å². The van der Waals surface area contributed by atoms with Crippen LogP contribution in [-0.2, 0) is 4.79 Å². The smallest absolute Gasteiger partial charge is 0.263 e. The molecule has 0 radical (unpaired) electrons. The average Bonchev–Trinajstić information content (AvgIpc) is 3.05. The number of amides is 1. The predicted octanol–water partition coefficient (Wildman–Crippen LogP) is 4.04. The van der Waals surface area contributed by atoms with Crippen molar-refractivity contribution in [1.82, 2.24) is 5.32 Å². The molecule has 1 N–H and O–H groups in total. The molecule has 1 fully saturated rings. The van der Waals surface area contributed by atoms with Gasteiger partial charge in [0, 0.05) is 6.42 Å². The molecule has 8 heteroatoms. The second kappa shape index (κ2) is 10.2. The quantitative estimate of drug-likeness (QED) is 0.365. The molecular weight excluding hydrogens is 410 g/mol. The normalized spacial score (nSPS) is 14.6. The Labute approximate surface area is 179 Å². The summed E-state index contributed by atoms with van der Waals surface area (Å²) < 4.78 is 22.5. The third-order valence-corrected chi connectivity index (χ3v) is 5.16. The van der Waals surface area contributed by atoms with Crippen LogP contribution in [0.2, 0.25) is 0 Å². The molecule has 1 saturated heterocycles. The topological polar surface area (TPSA) is 66.0 Å². The number of benzene rings is 2. The fraction of sp³-hybridized carbons (Fsp3) is 0.238. The fourth-order valence-corrected chi connectivity index (χ4v) is 3.61. The summed E-state index contributed by atoms with van der Waals surface area (Å²) in [6, 6.07) is 13.0. The van der Waals surface area contributed by atoms with E-state index in [0.717, 1.165) is 23.5 Å². The zero-order chi connectivity index (χ0) is 20.6. The van der Waals surface area contributed by atoms with Crippen LogP contribution >= 0.6 is 24.0 Å². The lowest BCUT2D eigenvalue weighted by Crippen LogP contribution is -2.17. The van der Waals surface area contributed by atoms with Gasteiger partial charge >= 0.3 is 0 Å². The monoisotopic (exact) mass is 431 g/mol. The maximum atomic E-state index is 11.8. The van der Waals surface area contributed by atoms with Crippen molar-refractivity contribution in [3.8, 4) is 23.0 Å². The van der Waals surface area contributed by atoms with Crippen LogP contribution < -0.4 is 24.3 Å². The molecule has 0 spiro atoms. The fourth-order valence-electron chi connectivity index (χ4n) is 2.57. The van der Waals surface area contributed by atoms with E-state index in [4.69, 9.17) is 31.2 Å². The van der Waals surface area contributed by atoms with E-state index >= 15 is 0 Å². The van der Waals surface area contributed by atoms with E-state index in [1.54, 1.807) is 20.3 Å². The molecule has 0 unspecified atom stereocenters. The number of thioether (sulfide) groups is 1. The maximum absolute atomic E-state index is 11.8. The minimum absolute atomic E-state index is 0.184. The van der Waals surface area contributed by atoms with Gasteiger partial charge in [-0.25, -0.2) is 0 Å². The maximum Gasteiger partial charge on any atom is 0.263 e. The lowest BCUT2D eigenvalue weighted by atomic mass is 10.2. The number of methoxy groups -OCH3 is 2. The molecule has 0 atom stereocenters. The van der Waals surface area contributed by atoms with E-state index in [1.807, 2.05) is 42.5 Å². The molecule has 2 aromatic carbocycles. The lowest BCUT2D eigenvalue weighted by molar-refractivity contribution is -0.115. The third-order valence-electron chi connectivity index (χ3n) is 4.00. The molecule has 29 heavy (non-hydrogen) atoms. The first kappa shape index (κ1) is 21.0. The van der Waals surface area contributed by atoms with E-state index in [1.165, 1.54) is 11.8 Å². The molecule has 1 amide bonds. The van der Waals surface area contributed by atoms with E-state index in [2.05, 4.69) is 5.32 Å². The standard InChI is InChI=1S/C21H21NO5S2/c1-24-15-5-7-16(8-6-15)26-10-3-11-27-17-9-4-14(12-18(17)25-2)13-19-20(23)22-21(28)29-19/h4-9,12-13H,3,10-11H2,1-2H3,(H,22,23,28)/b19-13-. The van der Waals surface area contributed by atoms with E-state index in [0.29, 0.717) is 33.9 Å². The van der Waals surface area contributed by atoms with Crippen LogP contribution in [-0.4, -0.2) is 37.7 Å². The third kappa shape index (κ3) is 5.88. The SMILES string of the molecule is COc1ccc(OCCCOc2ccc(/C=C3\SC(=S)NC3=O)cc2OC)cc1. The van der Waals surface area contributed by atoms with Gasteiger partial charge in [-0.1, -0.05) is 30.0 Å². The van der Waals surface area contributed by atoms with Crippen LogP contribution in [0.5, 0.6) is 23.0 Å². The van der Waals surface area contributed by atoms with Crippen molar-refractivity contribution in [2.24, 2.45) is 0 Å². The van der Waals surface area contributed by atoms with Crippen molar-refractivity contribution in [3.05, 3.63) is 52.9 Å². The van der Waals surface area contributed by atoms with E-state index < -0.39 is 0 Å². The molecule has 0 aromatic heterocycles. The summed E-state index contributed by atoms with van der Waals surface area (Å²) in [5.74, 6) is 2.63. The van der Waals surface area contributed by atoms with Crippen molar-refractivity contribution >= 4 is 40.3 Å². The van der Waals surface area contributed by atoms with Gasteiger partial charge in [0.05, 0.1) is 32.3 Å². The molecule has 6 nitrogen and oxygen atoms in total. The predicted molar refractivity (Wildman–Crippen MR) is 118 cm³/mol. The zero-order valence-electron chi connectivity index (χ0n) is 16.1. The summed E-state index contributed by atoms with van der Waals surface area (Å²) in [4.78, 5) is 12.3.